The van der Waals surface area contributed by atoms with E-state index < -0.39 is 47.4 Å². The van der Waals surface area contributed by atoms with E-state index in [-0.39, 0.29) is 43.6 Å². The van der Waals surface area contributed by atoms with Crippen molar-refractivity contribution in [3.63, 3.8) is 0 Å². The lowest BCUT2D eigenvalue weighted by Gasteiger charge is -2.37. The zero-order chi connectivity index (χ0) is 51.4. The molecular weight excluding hydrogens is 915 g/mol. The van der Waals surface area contributed by atoms with Crippen LogP contribution in [0.2, 0.25) is 0 Å². The normalized spacial score (nSPS) is 21.9. The highest BCUT2D eigenvalue weighted by Crippen LogP contribution is 2.42. The number of nitrogens with zero attached hydrogens (tertiary/aromatic N) is 7. The van der Waals surface area contributed by atoms with Gasteiger partial charge < -0.3 is 29.0 Å². The smallest absolute Gasteiger partial charge is 0.324 e. The van der Waals surface area contributed by atoms with Crippen molar-refractivity contribution in [2.75, 3.05) is 67.1 Å². The van der Waals surface area contributed by atoms with Crippen molar-refractivity contribution in [1.82, 2.24) is 40.1 Å². The molecule has 2 N–H and O–H groups in total. The summed E-state index contributed by atoms with van der Waals surface area (Å²) in [6.07, 6.45) is 7.36. The highest BCUT2D eigenvalue weighted by molar-refractivity contribution is 5.96. The lowest BCUT2D eigenvalue weighted by molar-refractivity contribution is -0.732. The van der Waals surface area contributed by atoms with Crippen LogP contribution in [0.4, 0.5) is 0 Å². The van der Waals surface area contributed by atoms with Crippen LogP contribution in [0.15, 0.2) is 72.9 Å². The number of benzene rings is 2. The summed E-state index contributed by atoms with van der Waals surface area (Å²) in [6, 6.07) is 15.3. The van der Waals surface area contributed by atoms with E-state index >= 15 is 0 Å². The number of nitroso groups, excluding NO2 is 1. The van der Waals surface area contributed by atoms with Crippen LogP contribution in [-0.4, -0.2) is 155 Å². The van der Waals surface area contributed by atoms with E-state index in [1.807, 2.05) is 45.0 Å². The Morgan fingerprint density at radius 2 is 1.81 bits per heavy atom. The number of likely N-dealkylation sites (N-methyl/N-ethyl adjacent to an activating group) is 1. The fourth-order valence-corrected chi connectivity index (χ4v) is 10.9. The molecule has 2 aromatic carbocycles. The van der Waals surface area contributed by atoms with Crippen molar-refractivity contribution in [3.05, 3.63) is 94.7 Å². The van der Waals surface area contributed by atoms with Crippen LogP contribution in [0, 0.1) is 16.2 Å². The summed E-state index contributed by atoms with van der Waals surface area (Å²) in [6.45, 7) is 16.2. The van der Waals surface area contributed by atoms with Crippen LogP contribution >= 0.6 is 0 Å². The maximum absolute atomic E-state index is 14.8. The van der Waals surface area contributed by atoms with Gasteiger partial charge in [-0.25, -0.2) is 5.43 Å². The quantitative estimate of drug-likeness (QED) is 0.0667. The Hall–Kier alpha value is -6.01. The van der Waals surface area contributed by atoms with Gasteiger partial charge in [0.1, 0.15) is 17.0 Å². The summed E-state index contributed by atoms with van der Waals surface area (Å²) < 4.78 is 19.7. The van der Waals surface area contributed by atoms with Gasteiger partial charge >= 0.3 is 5.97 Å². The number of ether oxygens (including phenoxy) is 3. The number of pyridine rings is 1. The number of hydrogen-bond donors (Lipinski definition) is 2. The van der Waals surface area contributed by atoms with Gasteiger partial charge in [0.2, 0.25) is 11.8 Å². The zero-order valence-electron chi connectivity index (χ0n) is 43.6. The van der Waals surface area contributed by atoms with Gasteiger partial charge in [0.25, 0.3) is 11.9 Å². The van der Waals surface area contributed by atoms with E-state index in [1.54, 1.807) is 38.4 Å². The van der Waals surface area contributed by atoms with Gasteiger partial charge in [0.15, 0.2) is 6.04 Å². The second kappa shape index (κ2) is 22.4. The van der Waals surface area contributed by atoms with Gasteiger partial charge in [0.05, 0.1) is 48.7 Å². The van der Waals surface area contributed by atoms with Gasteiger partial charge in [0, 0.05) is 100 Å². The Morgan fingerprint density at radius 3 is 2.54 bits per heavy atom. The molecule has 5 atom stereocenters. The molecule has 6 heterocycles. The Bertz CT molecular complexity index is 2680. The maximum Gasteiger partial charge on any atom is 0.324 e. The molecule has 17 nitrogen and oxygen atoms in total. The summed E-state index contributed by atoms with van der Waals surface area (Å²) >= 11 is 0. The molecule has 17 heteroatoms. The molecule has 386 valence electrons. The Kier molecular flexibility index (Phi) is 16.3. The van der Waals surface area contributed by atoms with Crippen molar-refractivity contribution in [2.45, 2.75) is 117 Å². The van der Waals surface area contributed by atoms with E-state index in [0.717, 1.165) is 68.1 Å². The first-order valence-corrected chi connectivity index (χ1v) is 25.7. The Morgan fingerprint density at radius 1 is 1.03 bits per heavy atom. The number of carbonyl (C=O) groups excluding carboxylic acids is 4. The lowest BCUT2D eigenvalue weighted by Crippen LogP contribution is -2.62. The largest absolute Gasteiger partial charge is 0.464 e. The molecule has 0 saturated carbocycles. The number of amides is 3. The van der Waals surface area contributed by atoms with Crippen LogP contribution in [0.1, 0.15) is 83.7 Å². The molecule has 0 aliphatic carbocycles. The van der Waals surface area contributed by atoms with E-state index in [0.29, 0.717) is 51.9 Å². The molecule has 6 bridgehead atoms. The van der Waals surface area contributed by atoms with E-state index in [1.165, 1.54) is 10.0 Å². The minimum absolute atomic E-state index is 0.132. The molecular formula is C55H74N9O8+. The average molecular weight is 989 g/mol. The van der Waals surface area contributed by atoms with Crippen LogP contribution in [-0.2, 0) is 52.8 Å². The first kappa shape index (κ1) is 52.3. The number of hydrogen-bond acceptors (Lipinski definition) is 11. The predicted octanol–water partition coefficient (Wildman–Crippen LogP) is 5.88. The number of cyclic esters (lactones) is 1. The maximum atomic E-state index is 14.8. The zero-order valence-corrected chi connectivity index (χ0v) is 43.6. The first-order chi connectivity index (χ1) is 34.5. The third kappa shape index (κ3) is 11.3. The van der Waals surface area contributed by atoms with Gasteiger partial charge in [-0.05, 0) is 85.5 Å². The number of aromatic nitrogens is 2. The summed E-state index contributed by atoms with van der Waals surface area (Å²) in [7, 11) is 4.98. The van der Waals surface area contributed by atoms with Crippen molar-refractivity contribution in [2.24, 2.45) is 11.3 Å². The second-order valence-corrected chi connectivity index (χ2v) is 21.1. The van der Waals surface area contributed by atoms with E-state index in [9.17, 15) is 24.1 Å². The number of carbonyl (C=O) groups is 4. The SMILES string of the molecule is CCn1c(-c2cccnc2[C@H](C)OC)c2c3cc(ccc31)-c1cccc(c1)C[C@H](NC(=O)[C@H](C(C)C)N(C)[N+](=O)[C@H]1CCN(C(=O)/C=C/CN3CC(OC)C3)C1)C(=O)N1CCC[C@H](N1)C(=O)OCC(C)(C)C2. The van der Waals surface area contributed by atoms with Gasteiger partial charge in [-0.1, -0.05) is 64.1 Å². The standard InChI is InChI=1S/C55H73N9O8/c1-10-62-47-21-20-39-29-43(47)44(51(62)42-17-12-23-56-49(42)36(4)70-8)30-55(5,6)34-72-54(68)45-18-13-25-63(58-45)53(67)46(28-37-15-11-16-38(39)27-37)57-52(66)50(35(2)3)59(7)64(69)40-22-26-61(31-40)48(65)19-14-24-60-32-41(33-60)71-9/h11-12,14-17,19-21,23,27,29,35-36,40-41,45-46,50,58H,10,13,18,22,24-26,28,30-34H2,1-9H3/p+1/b19-14+/t36-,40-,45-,46-,50-/m0/s1. The Balaban J connectivity index is 1.09. The van der Waals surface area contributed by atoms with Crippen LogP contribution in [0.5, 0.6) is 0 Å². The van der Waals surface area contributed by atoms with Gasteiger partial charge in [-0.15, -0.1) is 5.01 Å². The summed E-state index contributed by atoms with van der Waals surface area (Å²) in [5.74, 6) is -1.83. The van der Waals surface area contributed by atoms with Crippen molar-refractivity contribution < 1.29 is 38.3 Å². The molecule has 8 rings (SSSR count). The minimum Gasteiger partial charge on any atom is -0.464 e. The minimum atomic E-state index is -1.07. The van der Waals surface area contributed by atoms with Crippen molar-refractivity contribution in [3.8, 4) is 22.4 Å². The van der Waals surface area contributed by atoms with E-state index in [2.05, 4.69) is 77.4 Å². The highest BCUT2D eigenvalue weighted by Gasteiger charge is 2.45. The molecule has 0 radical (unpaired) electrons. The molecule has 0 spiro atoms. The summed E-state index contributed by atoms with van der Waals surface area (Å²) in [5, 5.41) is 6.99. The highest BCUT2D eigenvalue weighted by atomic mass is 16.5. The van der Waals surface area contributed by atoms with Gasteiger partial charge in [-0.2, -0.15) is 0 Å². The number of fused-ring (bicyclic) bond motifs is 6. The van der Waals surface area contributed by atoms with Crippen LogP contribution in [0.25, 0.3) is 33.3 Å². The third-order valence-corrected chi connectivity index (χ3v) is 14.9. The topological polar surface area (TPSA) is 171 Å². The van der Waals surface area contributed by atoms with Crippen LogP contribution in [0.3, 0.4) is 0 Å². The molecule has 3 saturated heterocycles. The summed E-state index contributed by atoms with van der Waals surface area (Å²) in [4.78, 5) is 80.2. The second-order valence-electron chi connectivity index (χ2n) is 21.1. The molecule has 4 aromatic rings. The van der Waals surface area contributed by atoms with Crippen molar-refractivity contribution in [1.29, 1.82) is 0 Å². The third-order valence-electron chi connectivity index (χ3n) is 14.9. The number of methoxy groups -OCH3 is 2. The fourth-order valence-electron chi connectivity index (χ4n) is 10.9. The summed E-state index contributed by atoms with van der Waals surface area (Å²) in [5.41, 5.74) is 10.5. The van der Waals surface area contributed by atoms with E-state index in [4.69, 9.17) is 19.2 Å². The monoisotopic (exact) mass is 989 g/mol. The number of nitrogens with one attached hydrogen (secondary N) is 2. The molecule has 4 aliphatic rings. The first-order valence-electron chi connectivity index (χ1n) is 25.7. The number of likely N-dealkylation sites (tertiary alicyclic amines) is 2. The fraction of sp³-hybridized carbons (Fsp3) is 0.545. The molecule has 2 aromatic heterocycles. The number of esters is 1. The Labute approximate surface area is 423 Å². The predicted molar refractivity (Wildman–Crippen MR) is 275 cm³/mol. The molecule has 3 amide bonds. The average Bonchev–Trinajstić information content (AvgIpc) is 3.98. The lowest BCUT2D eigenvalue weighted by atomic mass is 9.84. The molecule has 0 unspecified atom stereocenters. The van der Waals surface area contributed by atoms with Gasteiger partial charge in [-0.3, -0.25) is 34.1 Å². The molecule has 3 fully saturated rings. The number of aryl methyl sites for hydroxylation is 1. The molecule has 72 heavy (non-hydrogen) atoms. The van der Waals surface area contributed by atoms with Crippen molar-refractivity contribution >= 4 is 34.6 Å². The molecule has 4 aliphatic heterocycles. The number of hydrazine groups is 2. The number of rotatable bonds is 14. The van der Waals surface area contributed by atoms with Crippen LogP contribution < -0.4 is 10.7 Å².